The number of hydrogen-bond acceptors (Lipinski definition) is 5. The smallest absolute Gasteiger partial charge is 0.416 e. The number of carboxylic acids is 1. The molecule has 0 aromatic heterocycles. The van der Waals surface area contributed by atoms with Crippen LogP contribution in [0.2, 0.25) is 0 Å². The summed E-state index contributed by atoms with van der Waals surface area (Å²) in [5.41, 5.74) is -2.06. The summed E-state index contributed by atoms with van der Waals surface area (Å²) < 4.78 is 61.2. The SMILES string of the molecule is CCC[C@@H](CCOc1ccc(OC(C)(C)C(=O)O)cc1)Oc1ccc(Oc2ccc(C(F)(F)F)cc2)cc1. The zero-order chi connectivity index (χ0) is 27.8. The number of hydrogen-bond donors (Lipinski definition) is 1. The lowest BCUT2D eigenvalue weighted by molar-refractivity contribution is -0.152. The summed E-state index contributed by atoms with van der Waals surface area (Å²) in [6.45, 7) is 5.44. The topological polar surface area (TPSA) is 74.2 Å². The van der Waals surface area contributed by atoms with Crippen molar-refractivity contribution < 1.29 is 42.0 Å². The molecule has 0 spiro atoms. The molecule has 9 heteroatoms. The lowest BCUT2D eigenvalue weighted by Crippen LogP contribution is -2.37. The monoisotopic (exact) mass is 532 g/mol. The molecule has 0 amide bonds. The minimum Gasteiger partial charge on any atom is -0.493 e. The Morgan fingerprint density at radius 1 is 0.789 bits per heavy atom. The second-order valence-electron chi connectivity index (χ2n) is 9.15. The fourth-order valence-corrected chi connectivity index (χ4v) is 3.46. The number of aliphatic carboxylic acids is 1. The first-order valence-electron chi connectivity index (χ1n) is 12.2. The lowest BCUT2D eigenvalue weighted by atomic mass is 10.1. The third-order valence-electron chi connectivity index (χ3n) is 5.57. The summed E-state index contributed by atoms with van der Waals surface area (Å²) >= 11 is 0. The Bertz CT molecular complexity index is 1160. The fourth-order valence-electron chi connectivity index (χ4n) is 3.46. The summed E-state index contributed by atoms with van der Waals surface area (Å²) in [6, 6.07) is 18.2. The second kappa shape index (κ2) is 12.6. The molecule has 1 atom stereocenters. The second-order valence-corrected chi connectivity index (χ2v) is 9.15. The summed E-state index contributed by atoms with van der Waals surface area (Å²) in [5.74, 6) is 1.43. The maximum Gasteiger partial charge on any atom is 0.416 e. The molecule has 204 valence electrons. The number of alkyl halides is 3. The number of carboxylic acid groups (broad SMARTS) is 1. The molecule has 0 radical (unpaired) electrons. The van der Waals surface area contributed by atoms with Crippen molar-refractivity contribution >= 4 is 5.97 Å². The van der Waals surface area contributed by atoms with Gasteiger partial charge in [-0.1, -0.05) is 13.3 Å². The zero-order valence-corrected chi connectivity index (χ0v) is 21.5. The van der Waals surface area contributed by atoms with E-state index in [0.717, 1.165) is 25.0 Å². The largest absolute Gasteiger partial charge is 0.493 e. The van der Waals surface area contributed by atoms with Gasteiger partial charge in [-0.05, 0) is 93.1 Å². The van der Waals surface area contributed by atoms with Crippen molar-refractivity contribution in [3.05, 3.63) is 78.4 Å². The van der Waals surface area contributed by atoms with E-state index in [1.54, 1.807) is 48.5 Å². The molecular formula is C29H31F3O6. The normalized spacial score (nSPS) is 12.5. The molecule has 0 aliphatic carbocycles. The lowest BCUT2D eigenvalue weighted by Gasteiger charge is -2.21. The van der Waals surface area contributed by atoms with Crippen LogP contribution in [0.1, 0.15) is 45.6 Å². The van der Waals surface area contributed by atoms with Gasteiger partial charge in [-0.15, -0.1) is 0 Å². The Hall–Kier alpha value is -3.88. The van der Waals surface area contributed by atoms with Crippen LogP contribution in [0.3, 0.4) is 0 Å². The van der Waals surface area contributed by atoms with Crippen LogP contribution in [-0.4, -0.2) is 29.4 Å². The Morgan fingerprint density at radius 3 is 1.82 bits per heavy atom. The van der Waals surface area contributed by atoms with Crippen molar-refractivity contribution in [2.75, 3.05) is 6.61 Å². The maximum atomic E-state index is 12.7. The van der Waals surface area contributed by atoms with Crippen LogP contribution in [0.4, 0.5) is 13.2 Å². The van der Waals surface area contributed by atoms with Gasteiger partial charge in [0.05, 0.1) is 12.2 Å². The molecule has 0 saturated heterocycles. The highest BCUT2D eigenvalue weighted by Crippen LogP contribution is 2.32. The van der Waals surface area contributed by atoms with Gasteiger partial charge in [-0.25, -0.2) is 4.79 Å². The highest BCUT2D eigenvalue weighted by molar-refractivity contribution is 5.76. The first-order chi connectivity index (χ1) is 18.0. The van der Waals surface area contributed by atoms with E-state index in [-0.39, 0.29) is 6.10 Å². The average Bonchev–Trinajstić information content (AvgIpc) is 2.86. The molecule has 6 nitrogen and oxygen atoms in total. The molecule has 3 rings (SSSR count). The molecule has 0 saturated carbocycles. The maximum absolute atomic E-state index is 12.7. The van der Waals surface area contributed by atoms with Crippen LogP contribution >= 0.6 is 0 Å². The summed E-state index contributed by atoms with van der Waals surface area (Å²) in [7, 11) is 0. The van der Waals surface area contributed by atoms with E-state index >= 15 is 0 Å². The summed E-state index contributed by atoms with van der Waals surface area (Å²) in [5, 5.41) is 9.18. The standard InChI is InChI=1S/C29H31F3O6/c1-4-5-22(18-19-35-21-10-16-26(17-11-21)38-28(2,3)27(33)34)36-24-12-14-25(15-13-24)37-23-8-6-20(7-9-23)29(30,31)32/h6-17,22H,4-5,18-19H2,1-3H3,(H,33,34)/t22-/m0/s1. The Balaban J connectivity index is 1.49. The van der Waals surface area contributed by atoms with E-state index in [9.17, 15) is 23.1 Å². The molecule has 3 aromatic rings. The van der Waals surface area contributed by atoms with E-state index in [2.05, 4.69) is 6.92 Å². The minimum absolute atomic E-state index is 0.0827. The molecule has 3 aromatic carbocycles. The molecule has 0 unspecified atom stereocenters. The van der Waals surface area contributed by atoms with E-state index in [1.165, 1.54) is 26.0 Å². The van der Waals surface area contributed by atoms with Crippen LogP contribution in [0.5, 0.6) is 28.7 Å². The summed E-state index contributed by atoms with van der Waals surface area (Å²) in [6.07, 6.45) is -2.09. The summed E-state index contributed by atoms with van der Waals surface area (Å²) in [4.78, 5) is 11.2. The molecule has 38 heavy (non-hydrogen) atoms. The van der Waals surface area contributed by atoms with Gasteiger partial charge in [0, 0.05) is 6.42 Å². The number of halogens is 3. The van der Waals surface area contributed by atoms with Gasteiger partial charge >= 0.3 is 12.1 Å². The predicted molar refractivity (Wildman–Crippen MR) is 136 cm³/mol. The highest BCUT2D eigenvalue weighted by Gasteiger charge is 2.30. The average molecular weight is 533 g/mol. The molecule has 0 bridgehead atoms. The van der Waals surface area contributed by atoms with Gasteiger partial charge in [-0.3, -0.25) is 0 Å². The van der Waals surface area contributed by atoms with Gasteiger partial charge in [0.25, 0.3) is 0 Å². The van der Waals surface area contributed by atoms with Crippen molar-refractivity contribution in [3.63, 3.8) is 0 Å². The van der Waals surface area contributed by atoms with Gasteiger partial charge < -0.3 is 24.1 Å². The number of carbonyl (C=O) groups is 1. The molecule has 0 heterocycles. The van der Waals surface area contributed by atoms with Crippen molar-refractivity contribution in [2.24, 2.45) is 0 Å². The van der Waals surface area contributed by atoms with Gasteiger partial charge in [0.2, 0.25) is 0 Å². The Kier molecular flexibility index (Phi) is 9.50. The molecule has 0 aliphatic rings. The Labute approximate surface area is 219 Å². The first-order valence-corrected chi connectivity index (χ1v) is 12.2. The van der Waals surface area contributed by atoms with Crippen molar-refractivity contribution in [3.8, 4) is 28.7 Å². The van der Waals surface area contributed by atoms with Crippen LogP contribution in [-0.2, 0) is 11.0 Å². The van der Waals surface area contributed by atoms with Crippen molar-refractivity contribution in [2.45, 2.75) is 57.9 Å². The van der Waals surface area contributed by atoms with E-state index in [4.69, 9.17) is 18.9 Å². The first kappa shape index (κ1) is 28.7. The number of ether oxygens (including phenoxy) is 4. The van der Waals surface area contributed by atoms with Gasteiger partial charge in [-0.2, -0.15) is 13.2 Å². The van der Waals surface area contributed by atoms with Crippen LogP contribution in [0.15, 0.2) is 72.8 Å². The third-order valence-corrected chi connectivity index (χ3v) is 5.57. The van der Waals surface area contributed by atoms with E-state index in [0.29, 0.717) is 41.8 Å². The molecule has 1 N–H and O–H groups in total. The quantitative estimate of drug-likeness (QED) is 0.243. The van der Waals surface area contributed by atoms with Gasteiger partial charge in [0.1, 0.15) is 34.9 Å². The number of benzene rings is 3. The molecule has 0 fully saturated rings. The van der Waals surface area contributed by atoms with Crippen LogP contribution in [0.25, 0.3) is 0 Å². The van der Waals surface area contributed by atoms with Crippen LogP contribution < -0.4 is 18.9 Å². The van der Waals surface area contributed by atoms with E-state index < -0.39 is 23.3 Å². The molecule has 0 aliphatic heterocycles. The molecular weight excluding hydrogens is 501 g/mol. The van der Waals surface area contributed by atoms with Crippen molar-refractivity contribution in [1.82, 2.24) is 0 Å². The predicted octanol–water partition coefficient (Wildman–Crippen LogP) is 7.76. The minimum atomic E-state index is -4.39. The van der Waals surface area contributed by atoms with Crippen LogP contribution in [0, 0.1) is 0 Å². The zero-order valence-electron chi connectivity index (χ0n) is 21.5. The third kappa shape index (κ3) is 8.61. The van der Waals surface area contributed by atoms with Gasteiger partial charge in [0.15, 0.2) is 5.60 Å². The van der Waals surface area contributed by atoms with E-state index in [1.807, 2.05) is 0 Å². The Morgan fingerprint density at radius 2 is 1.29 bits per heavy atom. The number of rotatable bonds is 13. The van der Waals surface area contributed by atoms with Crippen molar-refractivity contribution in [1.29, 1.82) is 0 Å². The highest BCUT2D eigenvalue weighted by atomic mass is 19.4. The fraction of sp³-hybridized carbons (Fsp3) is 0.345.